The van der Waals surface area contributed by atoms with E-state index in [1.807, 2.05) is 6.07 Å². The number of nitrogens with one attached hydrogen (secondary N) is 1. The lowest BCUT2D eigenvalue weighted by Gasteiger charge is -2.21. The summed E-state index contributed by atoms with van der Waals surface area (Å²) in [5.74, 6) is 0. The minimum Gasteiger partial charge on any atom is -0.310 e. The molecule has 0 aliphatic carbocycles. The number of thiophene rings is 1. The Kier molecular flexibility index (Phi) is 7.70. The van der Waals surface area contributed by atoms with Crippen molar-refractivity contribution in [1.29, 1.82) is 0 Å². The van der Waals surface area contributed by atoms with Gasteiger partial charge in [0, 0.05) is 12.1 Å². The van der Waals surface area contributed by atoms with Gasteiger partial charge in [-0.15, -0.1) is 11.3 Å². The molecule has 1 aromatic heterocycles. The van der Waals surface area contributed by atoms with Gasteiger partial charge >= 0.3 is 0 Å². The quantitative estimate of drug-likeness (QED) is 0.690. The van der Waals surface area contributed by atoms with E-state index in [1.54, 1.807) is 0 Å². The molecule has 0 saturated carbocycles. The Balaban J connectivity index is 2.21. The third kappa shape index (κ3) is 6.01. The molecule has 0 aliphatic rings. The van der Waals surface area contributed by atoms with Gasteiger partial charge in [-0.2, -0.15) is 0 Å². The zero-order valence-corrected chi connectivity index (χ0v) is 14.5. The van der Waals surface area contributed by atoms with E-state index in [9.17, 15) is 0 Å². The largest absolute Gasteiger partial charge is 0.310 e. The van der Waals surface area contributed by atoms with Gasteiger partial charge < -0.3 is 10.2 Å². The Bertz CT molecular complexity index is 380. The lowest BCUT2D eigenvalue weighted by molar-refractivity contribution is 0.267. The van der Waals surface area contributed by atoms with E-state index in [0.717, 1.165) is 27.3 Å². The second-order valence-electron chi connectivity index (χ2n) is 5.24. The number of hydrogen-bond donors (Lipinski definition) is 1. The van der Waals surface area contributed by atoms with Crippen LogP contribution in [-0.4, -0.2) is 31.1 Å². The molecule has 0 aliphatic heterocycles. The predicted molar refractivity (Wildman–Crippen MR) is 87.8 cm³/mol. The van der Waals surface area contributed by atoms with Gasteiger partial charge in [-0.05, 0) is 65.4 Å². The molecular weight excluding hydrogens is 299 g/mol. The van der Waals surface area contributed by atoms with Crippen molar-refractivity contribution < 1.29 is 0 Å². The van der Waals surface area contributed by atoms with E-state index in [4.69, 9.17) is 23.2 Å². The van der Waals surface area contributed by atoms with E-state index in [1.165, 1.54) is 24.2 Å². The average molecular weight is 323 g/mol. The highest BCUT2D eigenvalue weighted by Crippen LogP contribution is 2.34. The van der Waals surface area contributed by atoms with Crippen LogP contribution >= 0.6 is 34.5 Å². The highest BCUT2D eigenvalue weighted by molar-refractivity contribution is 7.20. The van der Waals surface area contributed by atoms with Gasteiger partial charge in [-0.25, -0.2) is 0 Å². The van der Waals surface area contributed by atoms with Gasteiger partial charge in [0.15, 0.2) is 0 Å². The molecule has 2 nitrogen and oxygen atoms in total. The second-order valence-corrected chi connectivity index (χ2v) is 7.52. The molecule has 1 rings (SSSR count). The summed E-state index contributed by atoms with van der Waals surface area (Å²) in [5, 5.41) is 3.50. The standard InChI is InChI=1S/C14H24Cl2N2S/c1-10(2)18(4)8-6-5-7-17-11(3)12-9-13(15)19-14(12)16/h9-11,17H,5-8H2,1-4H3. The number of nitrogens with zero attached hydrogens (tertiary/aromatic N) is 1. The Labute approximate surface area is 131 Å². The molecule has 1 aromatic rings. The van der Waals surface area contributed by atoms with Crippen molar-refractivity contribution in [2.24, 2.45) is 0 Å². The van der Waals surface area contributed by atoms with Crippen LogP contribution in [0.1, 0.15) is 45.2 Å². The van der Waals surface area contributed by atoms with Crippen LogP contribution in [0.3, 0.4) is 0 Å². The van der Waals surface area contributed by atoms with Crippen LogP contribution < -0.4 is 5.32 Å². The van der Waals surface area contributed by atoms with Crippen molar-refractivity contribution >= 4 is 34.5 Å². The normalized spacial score (nSPS) is 13.5. The lowest BCUT2D eigenvalue weighted by atomic mass is 10.1. The van der Waals surface area contributed by atoms with Crippen molar-refractivity contribution in [3.63, 3.8) is 0 Å². The van der Waals surface area contributed by atoms with E-state index in [0.29, 0.717) is 6.04 Å². The van der Waals surface area contributed by atoms with Gasteiger partial charge in [0.25, 0.3) is 0 Å². The van der Waals surface area contributed by atoms with Crippen molar-refractivity contribution in [1.82, 2.24) is 10.2 Å². The highest BCUT2D eigenvalue weighted by atomic mass is 35.5. The minimum atomic E-state index is 0.263. The Hall–Kier alpha value is 0.200. The highest BCUT2D eigenvalue weighted by Gasteiger charge is 2.12. The molecule has 0 fully saturated rings. The van der Waals surface area contributed by atoms with Gasteiger partial charge in [0.05, 0.1) is 8.67 Å². The molecule has 5 heteroatoms. The van der Waals surface area contributed by atoms with Gasteiger partial charge in [-0.1, -0.05) is 23.2 Å². The molecule has 0 saturated heterocycles. The minimum absolute atomic E-state index is 0.263. The second kappa shape index (κ2) is 8.48. The third-order valence-electron chi connectivity index (χ3n) is 3.42. The number of halogens is 2. The number of unbranched alkanes of at least 4 members (excludes halogenated alkanes) is 1. The molecule has 0 spiro atoms. The van der Waals surface area contributed by atoms with Crippen molar-refractivity contribution in [3.8, 4) is 0 Å². The summed E-state index contributed by atoms with van der Waals surface area (Å²) >= 11 is 13.5. The molecule has 1 N–H and O–H groups in total. The van der Waals surface area contributed by atoms with Crippen LogP contribution in [0.4, 0.5) is 0 Å². The summed E-state index contributed by atoms with van der Waals surface area (Å²) in [6.45, 7) is 8.74. The number of rotatable bonds is 8. The first kappa shape index (κ1) is 17.3. The van der Waals surface area contributed by atoms with E-state index < -0.39 is 0 Å². The smallest absolute Gasteiger partial charge is 0.0991 e. The summed E-state index contributed by atoms with van der Waals surface area (Å²) in [6.07, 6.45) is 2.39. The van der Waals surface area contributed by atoms with Gasteiger partial charge in [0.1, 0.15) is 0 Å². The predicted octanol–water partition coefficient (Wildman–Crippen LogP) is 4.83. The van der Waals surface area contributed by atoms with Crippen molar-refractivity contribution in [3.05, 3.63) is 20.3 Å². The Morgan fingerprint density at radius 1 is 1.26 bits per heavy atom. The van der Waals surface area contributed by atoms with Crippen molar-refractivity contribution in [2.45, 2.75) is 45.7 Å². The topological polar surface area (TPSA) is 15.3 Å². The SMILES string of the molecule is CC(NCCCCN(C)C(C)C)c1cc(Cl)sc1Cl. The van der Waals surface area contributed by atoms with Gasteiger partial charge in [0.2, 0.25) is 0 Å². The lowest BCUT2D eigenvalue weighted by Crippen LogP contribution is -2.28. The summed E-state index contributed by atoms with van der Waals surface area (Å²) in [5.41, 5.74) is 1.11. The first-order valence-electron chi connectivity index (χ1n) is 6.80. The first-order valence-corrected chi connectivity index (χ1v) is 8.37. The van der Waals surface area contributed by atoms with E-state index in [2.05, 4.69) is 38.0 Å². The molecular formula is C14H24Cl2N2S. The molecule has 19 heavy (non-hydrogen) atoms. The maximum Gasteiger partial charge on any atom is 0.0991 e. The van der Waals surface area contributed by atoms with Crippen LogP contribution in [0, 0.1) is 0 Å². The van der Waals surface area contributed by atoms with Crippen LogP contribution in [-0.2, 0) is 0 Å². The van der Waals surface area contributed by atoms with E-state index >= 15 is 0 Å². The van der Waals surface area contributed by atoms with E-state index in [-0.39, 0.29) is 6.04 Å². The fourth-order valence-electron chi connectivity index (χ4n) is 1.82. The molecule has 1 heterocycles. The molecule has 1 atom stereocenters. The maximum atomic E-state index is 6.14. The van der Waals surface area contributed by atoms with Crippen LogP contribution in [0.25, 0.3) is 0 Å². The summed E-state index contributed by atoms with van der Waals surface area (Å²) in [7, 11) is 2.17. The molecule has 110 valence electrons. The van der Waals surface area contributed by atoms with Crippen LogP contribution in [0.5, 0.6) is 0 Å². The van der Waals surface area contributed by atoms with Gasteiger partial charge in [-0.3, -0.25) is 0 Å². The number of hydrogen-bond acceptors (Lipinski definition) is 3. The zero-order valence-electron chi connectivity index (χ0n) is 12.2. The molecule has 0 aromatic carbocycles. The Morgan fingerprint density at radius 2 is 1.95 bits per heavy atom. The van der Waals surface area contributed by atoms with Crippen LogP contribution in [0.2, 0.25) is 8.67 Å². The third-order valence-corrected chi connectivity index (χ3v) is 4.94. The average Bonchev–Trinajstić information content (AvgIpc) is 2.67. The molecule has 0 bridgehead atoms. The monoisotopic (exact) mass is 322 g/mol. The van der Waals surface area contributed by atoms with Crippen molar-refractivity contribution in [2.75, 3.05) is 20.1 Å². The fraction of sp³-hybridized carbons (Fsp3) is 0.714. The Morgan fingerprint density at radius 3 is 2.47 bits per heavy atom. The fourth-order valence-corrected chi connectivity index (χ4v) is 3.47. The maximum absolute atomic E-state index is 6.14. The molecule has 1 unspecified atom stereocenters. The van der Waals surface area contributed by atoms with Crippen LogP contribution in [0.15, 0.2) is 6.07 Å². The molecule has 0 radical (unpaired) electrons. The zero-order chi connectivity index (χ0) is 14.4. The summed E-state index contributed by atoms with van der Waals surface area (Å²) in [6, 6.07) is 2.84. The molecule has 0 amide bonds. The summed E-state index contributed by atoms with van der Waals surface area (Å²) in [4.78, 5) is 2.37. The first-order chi connectivity index (χ1) is 8.91. The summed E-state index contributed by atoms with van der Waals surface area (Å²) < 4.78 is 1.55.